The molecule has 19 heterocycles. The van der Waals surface area contributed by atoms with Crippen LogP contribution in [0.3, 0.4) is 0 Å². The molecule has 5 aromatic carbocycles. The zero-order chi connectivity index (χ0) is 99.1. The van der Waals surface area contributed by atoms with E-state index in [2.05, 4.69) is 148 Å². The number of nitrogens with one attached hydrogen (secondary N) is 2. The van der Waals surface area contributed by atoms with Gasteiger partial charge in [-0.25, -0.2) is 24.9 Å². The van der Waals surface area contributed by atoms with Gasteiger partial charge in [0.05, 0.1) is 48.4 Å². The molecular formula is C112H118N20O11. The van der Waals surface area contributed by atoms with Crippen LogP contribution in [0.4, 0.5) is 28.4 Å². The Balaban J connectivity index is 0.000000109. The number of hydrogen-bond acceptors (Lipinski definition) is 26. The van der Waals surface area contributed by atoms with Crippen LogP contribution in [0, 0.1) is 27.7 Å². The molecule has 19 aromatic rings. The molecule has 5 aliphatic heterocycles. The maximum absolute atomic E-state index is 12.9. The first-order valence-electron chi connectivity index (χ1n) is 49.0. The highest BCUT2D eigenvalue weighted by atomic mass is 16.5. The van der Waals surface area contributed by atoms with Crippen molar-refractivity contribution in [3.8, 4) is 67.3 Å². The lowest BCUT2D eigenvalue weighted by Crippen LogP contribution is -2.51. The van der Waals surface area contributed by atoms with Crippen molar-refractivity contribution in [1.82, 2.24) is 72.3 Å². The molecule has 0 aliphatic carbocycles. The third-order valence-corrected chi connectivity index (χ3v) is 28.1. The van der Waals surface area contributed by atoms with Crippen LogP contribution in [0.25, 0.3) is 128 Å². The van der Waals surface area contributed by atoms with Crippen LogP contribution in [-0.4, -0.2) is 225 Å². The lowest BCUT2D eigenvalue weighted by molar-refractivity contribution is 0.199. The summed E-state index contributed by atoms with van der Waals surface area (Å²) >= 11 is 0. The Labute approximate surface area is 825 Å². The fourth-order valence-electron chi connectivity index (χ4n) is 20.0. The van der Waals surface area contributed by atoms with E-state index < -0.39 is 0 Å². The average molecular weight is 1920 g/mol. The minimum absolute atomic E-state index is 0.0292. The second-order valence-corrected chi connectivity index (χ2v) is 37.9. The maximum Gasteiger partial charge on any atom is 0.258 e. The molecule has 5 fully saturated rings. The summed E-state index contributed by atoms with van der Waals surface area (Å²) in [4.78, 5) is 105. The molecule has 31 heteroatoms. The van der Waals surface area contributed by atoms with Gasteiger partial charge in [-0.1, -0.05) is 31.2 Å². The van der Waals surface area contributed by atoms with Crippen LogP contribution in [0.15, 0.2) is 279 Å². The van der Waals surface area contributed by atoms with Crippen molar-refractivity contribution >= 4 is 101 Å². The molecule has 143 heavy (non-hydrogen) atoms. The molecule has 2 N–H and O–H groups in total. The van der Waals surface area contributed by atoms with E-state index in [4.69, 9.17) is 27.1 Å². The number of pyridine rings is 9. The first-order valence-corrected chi connectivity index (χ1v) is 49.0. The summed E-state index contributed by atoms with van der Waals surface area (Å²) in [6.45, 7) is 35.1. The summed E-state index contributed by atoms with van der Waals surface area (Å²) in [7, 11) is 7.48. The predicted octanol–water partition coefficient (Wildman–Crippen LogP) is 16.1. The Hall–Kier alpha value is -15.5. The fraction of sp³-hybridized carbons (Fsp3) is 0.304. The zero-order valence-electron chi connectivity index (χ0n) is 82.9. The third-order valence-electron chi connectivity index (χ3n) is 28.1. The molecule has 5 saturated heterocycles. The molecule has 14 aromatic heterocycles. The van der Waals surface area contributed by atoms with Crippen LogP contribution in [0.5, 0.6) is 11.5 Å². The molecule has 0 saturated carbocycles. The van der Waals surface area contributed by atoms with Gasteiger partial charge in [-0.05, 0) is 245 Å². The number of methoxy groups -OCH3 is 2. The highest BCUT2D eigenvalue weighted by Crippen LogP contribution is 2.36. The molecule has 24 rings (SSSR count). The van der Waals surface area contributed by atoms with Gasteiger partial charge in [0.25, 0.3) is 27.8 Å². The van der Waals surface area contributed by atoms with E-state index in [-0.39, 0.29) is 27.8 Å². The number of nitrogens with zero attached hydrogens (tertiary/aromatic N) is 18. The number of anilines is 5. The summed E-state index contributed by atoms with van der Waals surface area (Å²) in [5.74, 6) is 3.80. The average Bonchev–Trinajstić information content (AvgIpc) is 1.56. The van der Waals surface area contributed by atoms with E-state index in [9.17, 15) is 24.0 Å². The number of aromatic nitrogens is 10. The number of ether oxygens (including phenoxy) is 2. The summed E-state index contributed by atoms with van der Waals surface area (Å²) in [6.07, 6.45) is 9.71. The lowest BCUT2D eigenvalue weighted by atomic mass is 10.1. The van der Waals surface area contributed by atoms with Crippen molar-refractivity contribution in [3.05, 3.63) is 313 Å². The maximum atomic E-state index is 12.9. The van der Waals surface area contributed by atoms with Gasteiger partial charge in [0.15, 0.2) is 57.4 Å². The van der Waals surface area contributed by atoms with Crippen molar-refractivity contribution < 1.29 is 27.1 Å². The van der Waals surface area contributed by atoms with E-state index in [1.54, 1.807) is 66.6 Å². The van der Waals surface area contributed by atoms with Gasteiger partial charge < -0.3 is 72.1 Å². The monoisotopic (exact) mass is 1920 g/mol. The lowest BCUT2D eigenvalue weighted by Gasteiger charge is -2.40. The van der Waals surface area contributed by atoms with Crippen molar-refractivity contribution in [2.24, 2.45) is 0 Å². The zero-order valence-corrected chi connectivity index (χ0v) is 82.9. The highest BCUT2D eigenvalue weighted by molar-refractivity contribution is 5.86. The van der Waals surface area contributed by atoms with Crippen LogP contribution in [0.2, 0.25) is 0 Å². The number of oxazole rings is 4. The molecule has 0 unspecified atom stereocenters. The van der Waals surface area contributed by atoms with Crippen molar-refractivity contribution in [1.29, 1.82) is 0 Å². The molecular weight excluding hydrogens is 1800 g/mol. The molecule has 5 aliphatic rings. The van der Waals surface area contributed by atoms with Crippen LogP contribution < -0.4 is 72.4 Å². The SMILES string of the molecule is CCN1CCN(c2ccc3cc(-c4ccc5nc(C)oc5c4)cc(=O)n3c2)C[C@@H]1C.COc1ccc(-c2cc(=O)n3cc(N4CCNC[C@H]4C)ccc3n2)cc1OC.Cc1nc2ccc(-c3cc(=O)n4cc(N5CCN(C)CC5)ccc4c3)cc2o1.Cc1nc2ccc(-c3cc(=O)n4cc(N5CCN(C)[C@@H](C)C5)ccc4c3)cc2o1.Cc1nc2ccc(-c3cc(=O)n4cc(N5CCN[C@@H](C)C5)ccc4c3)cc2o1. The summed E-state index contributed by atoms with van der Waals surface area (Å²) in [5, 5.41) is 6.83. The Morgan fingerprint density at radius 2 is 0.734 bits per heavy atom. The van der Waals surface area contributed by atoms with E-state index in [0.29, 0.717) is 70.6 Å². The smallest absolute Gasteiger partial charge is 0.258 e. The Morgan fingerprint density at radius 1 is 0.343 bits per heavy atom. The molecule has 0 spiro atoms. The second kappa shape index (κ2) is 40.6. The number of hydrogen-bond donors (Lipinski definition) is 2. The number of rotatable bonds is 13. The van der Waals surface area contributed by atoms with Gasteiger partial charge in [-0.15, -0.1) is 0 Å². The van der Waals surface area contributed by atoms with E-state index in [0.717, 1.165) is 256 Å². The normalized spacial score (nSPS) is 17.2. The van der Waals surface area contributed by atoms with Crippen LogP contribution >= 0.6 is 0 Å². The number of aryl methyl sites for hydroxylation is 4. The molecule has 4 atom stereocenters. The number of fused-ring (bicyclic) bond motifs is 9. The molecule has 0 radical (unpaired) electrons. The predicted molar refractivity (Wildman–Crippen MR) is 568 cm³/mol. The molecule has 0 bridgehead atoms. The van der Waals surface area contributed by atoms with E-state index in [1.807, 2.05) is 210 Å². The minimum Gasteiger partial charge on any atom is -0.493 e. The summed E-state index contributed by atoms with van der Waals surface area (Å²) in [6, 6.07) is 67.7. The Kier molecular flexibility index (Phi) is 27.0. The first kappa shape index (κ1) is 95.0. The molecule has 732 valence electrons. The molecule has 31 nitrogen and oxygen atoms in total. The number of likely N-dealkylation sites (N-methyl/N-ethyl adjacent to an activating group) is 3. The second-order valence-electron chi connectivity index (χ2n) is 37.9. The van der Waals surface area contributed by atoms with Gasteiger partial charge in [0.2, 0.25) is 0 Å². The van der Waals surface area contributed by atoms with Gasteiger partial charge >= 0.3 is 0 Å². The van der Waals surface area contributed by atoms with Crippen LogP contribution in [0.1, 0.15) is 58.2 Å². The number of benzene rings is 5. The summed E-state index contributed by atoms with van der Waals surface area (Å²) in [5.41, 5.74) is 24.3. The first-order chi connectivity index (χ1) is 69.2. The largest absolute Gasteiger partial charge is 0.493 e. The van der Waals surface area contributed by atoms with Crippen molar-refractivity contribution in [2.45, 2.75) is 86.5 Å². The van der Waals surface area contributed by atoms with E-state index in [1.165, 1.54) is 0 Å². The van der Waals surface area contributed by atoms with Gasteiger partial charge in [-0.3, -0.25) is 50.9 Å². The number of piperazine rings is 5. The minimum atomic E-state index is -0.112. The quantitative estimate of drug-likeness (QED) is 0.108. The highest BCUT2D eigenvalue weighted by Gasteiger charge is 2.28. The van der Waals surface area contributed by atoms with Crippen molar-refractivity contribution in [3.63, 3.8) is 0 Å². The van der Waals surface area contributed by atoms with Gasteiger partial charge in [0, 0.05) is 246 Å². The third kappa shape index (κ3) is 20.5. The summed E-state index contributed by atoms with van der Waals surface area (Å²) < 4.78 is 41.7. The van der Waals surface area contributed by atoms with Gasteiger partial charge in [0.1, 0.15) is 27.7 Å². The Bertz CT molecular complexity index is 8330. The van der Waals surface area contributed by atoms with E-state index >= 15 is 0 Å². The van der Waals surface area contributed by atoms with Crippen LogP contribution in [-0.2, 0) is 0 Å². The van der Waals surface area contributed by atoms with Crippen molar-refractivity contribution in [2.75, 3.05) is 164 Å². The molecule has 0 amide bonds. The topological polar surface area (TPSA) is 293 Å². The van der Waals surface area contributed by atoms with Gasteiger partial charge in [-0.2, -0.15) is 0 Å². The standard InChI is InChI=1S/C24H26N4O2.C23H24N4O2.2C22H22N4O2.C21H24N4O3/c1-4-26-9-10-27(14-16(26)2)21-7-6-20-11-19(13-24(29)28(20)15-21)18-5-8-22-23(12-18)30-17(3)25-22;1-15-13-26(9-8-25(15)3)20-6-5-19-10-18(12-23(28)27(19)14-20)17-4-7-21-22(11-17)29-16(2)24-21;1-15-23-20-6-3-16(12-21(20)28-15)17-11-18-4-5-19(14-26(18)22(27)13-17)25-9-7-24(2)8-10-25;1-14-12-25(8-7-23-14)19-5-4-18-9-17(11-22(27)26(18)13-19)16-3-6-20-21(10-16)28-15(2)24-20;1-14-12-22-8-9-24(14)16-5-7-20-23-17(11-21(26)25(20)13-16)15-4-6-18(27-2)19(10-15)28-3/h5-8,11-13,15-16H,4,9-10,14H2,1-3H3;4-7,10-12,14-15H,8-9,13H2,1-3H3;3-6,11-14H,7-10H2,1-2H3;3-6,9-11,13-14,23H,7-8,12H2,1-2H3;4-7,10-11,13-14,22H,8-9,12H2,1-3H3/t16-;15-;;2*14-/m00.01/s1. The Morgan fingerprint density at radius 3 is 1.15 bits per heavy atom. The fourth-order valence-corrected chi connectivity index (χ4v) is 20.0.